The van der Waals surface area contributed by atoms with Gasteiger partial charge in [-0.1, -0.05) is 50.6 Å². The van der Waals surface area contributed by atoms with E-state index in [1.54, 1.807) is 0 Å². The first kappa shape index (κ1) is 16.1. The Hall–Kier alpha value is -1.31. The molecule has 0 bridgehead atoms. The van der Waals surface area contributed by atoms with Crippen LogP contribution in [0.25, 0.3) is 0 Å². The van der Waals surface area contributed by atoms with Crippen molar-refractivity contribution in [2.24, 2.45) is 11.8 Å². The molecule has 116 valence electrons. The number of hydrogen-bond donors (Lipinski definition) is 1. The molecule has 0 radical (unpaired) electrons. The van der Waals surface area contributed by atoms with Crippen LogP contribution in [-0.2, 0) is 4.79 Å². The summed E-state index contributed by atoms with van der Waals surface area (Å²) in [5, 5.41) is 3.23. The first-order valence-corrected chi connectivity index (χ1v) is 8.46. The highest BCUT2D eigenvalue weighted by Gasteiger charge is 2.37. The maximum Gasteiger partial charge on any atom is 0.220 e. The van der Waals surface area contributed by atoms with Gasteiger partial charge in [-0.05, 0) is 49.5 Å². The molecule has 1 N–H and O–H groups in total. The third-order valence-electron chi connectivity index (χ3n) is 4.88. The van der Waals surface area contributed by atoms with Crippen LogP contribution in [-0.4, -0.2) is 11.9 Å². The van der Waals surface area contributed by atoms with Crippen molar-refractivity contribution in [1.29, 1.82) is 0 Å². The fourth-order valence-corrected chi connectivity index (χ4v) is 3.44. The fourth-order valence-electron chi connectivity index (χ4n) is 3.44. The maximum absolute atomic E-state index is 12.1. The van der Waals surface area contributed by atoms with Gasteiger partial charge in [0, 0.05) is 12.5 Å². The van der Waals surface area contributed by atoms with Crippen LogP contribution >= 0.6 is 0 Å². The predicted octanol–water partition coefficient (Wildman–Crippen LogP) is 4.54. The van der Waals surface area contributed by atoms with Crippen molar-refractivity contribution in [3.05, 3.63) is 37.0 Å². The molecule has 2 rings (SSSR count). The van der Waals surface area contributed by atoms with E-state index in [9.17, 15) is 4.79 Å². The van der Waals surface area contributed by atoms with Crippen LogP contribution < -0.4 is 5.32 Å². The highest BCUT2D eigenvalue weighted by Crippen LogP contribution is 2.45. The van der Waals surface area contributed by atoms with E-state index in [4.69, 9.17) is 0 Å². The van der Waals surface area contributed by atoms with Gasteiger partial charge in [0.05, 0.1) is 0 Å². The molecule has 2 aliphatic rings. The first-order valence-electron chi connectivity index (χ1n) is 8.46. The molecule has 0 saturated heterocycles. The Morgan fingerprint density at radius 1 is 1.14 bits per heavy atom. The molecular weight excluding hydrogens is 258 g/mol. The number of rotatable bonds is 8. The highest BCUT2D eigenvalue weighted by molar-refractivity contribution is 5.76. The van der Waals surface area contributed by atoms with Crippen LogP contribution in [0.3, 0.4) is 0 Å². The molecule has 0 aliphatic heterocycles. The summed E-state index contributed by atoms with van der Waals surface area (Å²) >= 11 is 0. The van der Waals surface area contributed by atoms with Crippen molar-refractivity contribution < 1.29 is 4.79 Å². The number of carbonyl (C=O) groups excluding carboxylic acids is 1. The SMILES string of the molecule is C=C/C=C(\C=C)CCC1CC1CC(=O)NC1CCCCC1. The zero-order valence-electron chi connectivity index (χ0n) is 13.2. The van der Waals surface area contributed by atoms with Gasteiger partial charge in [0.15, 0.2) is 0 Å². The Bertz CT molecular complexity index is 404. The van der Waals surface area contributed by atoms with Gasteiger partial charge in [0.25, 0.3) is 0 Å². The average Bonchev–Trinajstić information content (AvgIpc) is 3.22. The molecular formula is C19H29NO. The minimum absolute atomic E-state index is 0.278. The number of amides is 1. The molecule has 2 fully saturated rings. The van der Waals surface area contributed by atoms with E-state index >= 15 is 0 Å². The second-order valence-corrected chi connectivity index (χ2v) is 6.58. The minimum Gasteiger partial charge on any atom is -0.353 e. The number of allylic oxidation sites excluding steroid dienone is 4. The van der Waals surface area contributed by atoms with Crippen LogP contribution in [0, 0.1) is 11.8 Å². The van der Waals surface area contributed by atoms with E-state index < -0.39 is 0 Å². The molecule has 0 heterocycles. The van der Waals surface area contributed by atoms with E-state index in [1.807, 2.05) is 18.2 Å². The molecule has 2 aliphatic carbocycles. The quantitative estimate of drug-likeness (QED) is 0.652. The lowest BCUT2D eigenvalue weighted by atomic mass is 9.95. The molecule has 2 unspecified atom stereocenters. The fraction of sp³-hybridized carbons (Fsp3) is 0.632. The van der Waals surface area contributed by atoms with Crippen molar-refractivity contribution >= 4 is 5.91 Å². The van der Waals surface area contributed by atoms with E-state index in [0.717, 1.165) is 18.8 Å². The summed E-state index contributed by atoms with van der Waals surface area (Å²) in [7, 11) is 0. The monoisotopic (exact) mass is 287 g/mol. The second-order valence-electron chi connectivity index (χ2n) is 6.58. The molecule has 2 heteroatoms. The topological polar surface area (TPSA) is 29.1 Å². The predicted molar refractivity (Wildman–Crippen MR) is 88.9 cm³/mol. The van der Waals surface area contributed by atoms with Crippen LogP contribution in [0.5, 0.6) is 0 Å². The van der Waals surface area contributed by atoms with Crippen LogP contribution in [0.1, 0.15) is 57.8 Å². The number of hydrogen-bond acceptors (Lipinski definition) is 1. The van der Waals surface area contributed by atoms with Gasteiger partial charge in [-0.25, -0.2) is 0 Å². The van der Waals surface area contributed by atoms with Gasteiger partial charge in [-0.15, -0.1) is 0 Å². The lowest BCUT2D eigenvalue weighted by Crippen LogP contribution is -2.36. The van der Waals surface area contributed by atoms with Gasteiger partial charge in [-0.2, -0.15) is 0 Å². The standard InChI is InChI=1S/C19H29NO/c1-3-8-15(4-2)11-12-16-13-17(16)14-19(21)20-18-9-6-5-7-10-18/h3-4,8,16-18H,1-2,5-7,9-14H2,(H,20,21)/b15-8+. The van der Waals surface area contributed by atoms with Crippen molar-refractivity contribution in [1.82, 2.24) is 5.32 Å². The molecule has 0 spiro atoms. The third-order valence-corrected chi connectivity index (χ3v) is 4.88. The first-order chi connectivity index (χ1) is 10.2. The number of carbonyl (C=O) groups is 1. The summed E-state index contributed by atoms with van der Waals surface area (Å²) in [6.45, 7) is 7.55. The molecule has 2 nitrogen and oxygen atoms in total. The Balaban J connectivity index is 1.62. The van der Waals surface area contributed by atoms with Gasteiger partial charge < -0.3 is 5.32 Å². The Kier molecular flexibility index (Phi) is 6.28. The smallest absolute Gasteiger partial charge is 0.220 e. The Morgan fingerprint density at radius 3 is 2.57 bits per heavy atom. The van der Waals surface area contributed by atoms with E-state index in [-0.39, 0.29) is 5.91 Å². The lowest BCUT2D eigenvalue weighted by molar-refractivity contribution is -0.122. The van der Waals surface area contributed by atoms with Crippen LogP contribution in [0.15, 0.2) is 37.0 Å². The van der Waals surface area contributed by atoms with E-state index in [0.29, 0.717) is 12.0 Å². The van der Waals surface area contributed by atoms with Crippen molar-refractivity contribution in [3.8, 4) is 0 Å². The summed E-state index contributed by atoms with van der Waals surface area (Å²) < 4.78 is 0. The summed E-state index contributed by atoms with van der Waals surface area (Å²) in [4.78, 5) is 12.1. The molecule has 0 aromatic rings. The van der Waals surface area contributed by atoms with Gasteiger partial charge in [0.1, 0.15) is 0 Å². The van der Waals surface area contributed by atoms with Crippen molar-refractivity contribution in [3.63, 3.8) is 0 Å². The van der Waals surface area contributed by atoms with Gasteiger partial charge >= 0.3 is 0 Å². The van der Waals surface area contributed by atoms with Gasteiger partial charge in [0.2, 0.25) is 5.91 Å². The summed E-state index contributed by atoms with van der Waals surface area (Å²) in [5.74, 6) is 1.62. The Morgan fingerprint density at radius 2 is 1.90 bits per heavy atom. The summed E-state index contributed by atoms with van der Waals surface area (Å²) in [6.07, 6.45) is 16.2. The summed E-state index contributed by atoms with van der Waals surface area (Å²) in [6, 6.07) is 0.450. The lowest BCUT2D eigenvalue weighted by Gasteiger charge is -2.22. The maximum atomic E-state index is 12.1. The average molecular weight is 287 g/mol. The molecule has 21 heavy (non-hydrogen) atoms. The number of nitrogens with one attached hydrogen (secondary N) is 1. The zero-order chi connectivity index (χ0) is 15.1. The normalized spacial score (nSPS) is 26.2. The largest absolute Gasteiger partial charge is 0.353 e. The van der Waals surface area contributed by atoms with Crippen LogP contribution in [0.2, 0.25) is 0 Å². The van der Waals surface area contributed by atoms with Crippen LogP contribution in [0.4, 0.5) is 0 Å². The molecule has 1 amide bonds. The van der Waals surface area contributed by atoms with Gasteiger partial charge in [-0.3, -0.25) is 4.79 Å². The molecule has 0 aromatic heterocycles. The minimum atomic E-state index is 0.278. The molecule has 0 aromatic carbocycles. The van der Waals surface area contributed by atoms with Crippen molar-refractivity contribution in [2.45, 2.75) is 63.8 Å². The summed E-state index contributed by atoms with van der Waals surface area (Å²) in [5.41, 5.74) is 1.25. The highest BCUT2D eigenvalue weighted by atomic mass is 16.1. The van der Waals surface area contributed by atoms with E-state index in [1.165, 1.54) is 50.5 Å². The zero-order valence-corrected chi connectivity index (χ0v) is 13.2. The third kappa shape index (κ3) is 5.53. The second kappa shape index (κ2) is 8.21. The Labute approximate surface area is 129 Å². The van der Waals surface area contributed by atoms with E-state index in [2.05, 4.69) is 18.5 Å². The molecule has 2 atom stereocenters. The van der Waals surface area contributed by atoms with Crippen molar-refractivity contribution in [2.75, 3.05) is 0 Å². The molecule has 2 saturated carbocycles.